The first kappa shape index (κ1) is 18.4. The second-order valence-electron chi connectivity index (χ2n) is 6.73. The summed E-state index contributed by atoms with van der Waals surface area (Å²) in [5.74, 6) is -0.427. The molecule has 2 aliphatic rings. The van der Waals surface area contributed by atoms with Crippen LogP contribution in [0.5, 0.6) is 0 Å². The Kier molecular flexibility index (Phi) is 4.51. The third-order valence-electron chi connectivity index (χ3n) is 5.08. The maximum atomic E-state index is 13.2. The van der Waals surface area contributed by atoms with Crippen LogP contribution < -0.4 is 9.80 Å². The number of hydrogen-bond donors (Lipinski definition) is 0. The summed E-state index contributed by atoms with van der Waals surface area (Å²) in [6.45, 7) is 1.10. The third-order valence-corrected chi connectivity index (χ3v) is 5.63. The Balaban J connectivity index is 1.81. The van der Waals surface area contributed by atoms with Gasteiger partial charge in [-0.15, -0.1) is 0 Å². The maximum Gasteiger partial charge on any atom is 0.416 e. The second kappa shape index (κ2) is 6.60. The zero-order valence-corrected chi connectivity index (χ0v) is 15.6. The van der Waals surface area contributed by atoms with Gasteiger partial charge in [-0.3, -0.25) is 4.79 Å². The highest BCUT2D eigenvalue weighted by Crippen LogP contribution is 2.43. The zero-order valence-electron chi connectivity index (χ0n) is 14.1. The van der Waals surface area contributed by atoms with Crippen molar-refractivity contribution in [3.8, 4) is 0 Å². The average molecular weight is 415 g/mol. The molecule has 0 aromatic heterocycles. The first-order valence-corrected chi connectivity index (χ1v) is 9.26. The van der Waals surface area contributed by atoms with Gasteiger partial charge >= 0.3 is 6.18 Å². The van der Waals surface area contributed by atoms with E-state index < -0.39 is 17.6 Å². The Morgan fingerprint density at radius 3 is 2.56 bits per heavy atom. The van der Waals surface area contributed by atoms with Crippen LogP contribution in [0, 0.1) is 0 Å². The topological polar surface area (TPSA) is 23.6 Å². The van der Waals surface area contributed by atoms with Gasteiger partial charge in [0.2, 0.25) is 0 Å². The number of halogens is 5. The molecule has 8 heteroatoms. The first-order valence-electron chi connectivity index (χ1n) is 8.50. The smallest absolute Gasteiger partial charge is 0.365 e. The number of anilines is 2. The minimum Gasteiger partial charge on any atom is -0.365 e. The van der Waals surface area contributed by atoms with E-state index in [1.807, 2.05) is 0 Å². The molecule has 0 unspecified atom stereocenters. The van der Waals surface area contributed by atoms with Crippen LogP contribution in [-0.2, 0) is 6.18 Å². The van der Waals surface area contributed by atoms with Crippen LogP contribution in [0.2, 0.25) is 10.0 Å². The molecule has 2 aliphatic heterocycles. The van der Waals surface area contributed by atoms with Crippen LogP contribution in [0.15, 0.2) is 36.4 Å². The molecule has 0 bridgehead atoms. The number of hydrogen-bond acceptors (Lipinski definition) is 2. The Labute approximate surface area is 164 Å². The van der Waals surface area contributed by atoms with E-state index in [1.165, 1.54) is 23.1 Å². The van der Waals surface area contributed by atoms with Crippen molar-refractivity contribution in [1.29, 1.82) is 0 Å². The molecule has 142 valence electrons. The van der Waals surface area contributed by atoms with Crippen LogP contribution in [0.3, 0.4) is 0 Å². The lowest BCUT2D eigenvalue weighted by atomic mass is 10.0. The van der Waals surface area contributed by atoms with E-state index in [1.54, 1.807) is 6.07 Å². The quantitative estimate of drug-likeness (QED) is 0.602. The van der Waals surface area contributed by atoms with Gasteiger partial charge in [0.25, 0.3) is 5.91 Å². The minimum atomic E-state index is -4.48. The van der Waals surface area contributed by atoms with Gasteiger partial charge in [-0.05, 0) is 49.2 Å². The summed E-state index contributed by atoms with van der Waals surface area (Å²) >= 11 is 12.1. The van der Waals surface area contributed by atoms with Crippen molar-refractivity contribution in [2.75, 3.05) is 22.9 Å². The number of fused-ring (bicyclic) bond motifs is 3. The number of nitrogens with zero attached hydrogens (tertiary/aromatic N) is 2. The number of amides is 1. The highest BCUT2D eigenvalue weighted by Gasteiger charge is 2.39. The molecule has 2 aromatic carbocycles. The number of carbonyl (C=O) groups excluding carboxylic acids is 1. The molecule has 1 fully saturated rings. The van der Waals surface area contributed by atoms with Crippen molar-refractivity contribution in [2.24, 2.45) is 0 Å². The van der Waals surface area contributed by atoms with Crippen molar-refractivity contribution in [3.63, 3.8) is 0 Å². The Bertz CT molecular complexity index is 916. The molecule has 2 aromatic rings. The van der Waals surface area contributed by atoms with Gasteiger partial charge in [-0.1, -0.05) is 23.2 Å². The van der Waals surface area contributed by atoms with Gasteiger partial charge < -0.3 is 9.80 Å². The minimum absolute atomic E-state index is 0.0873. The fourth-order valence-corrected chi connectivity index (χ4v) is 4.30. The standard InChI is InChI=1S/C19H15Cl2F3N2O/c20-12-4-5-14(15(21)9-12)18(27)26-10-13-2-1-7-25(13)16-6-3-11(8-17(16)26)19(22,23)24/h3-6,8-9,13H,1-2,7,10H2/t13-/m0/s1. The Morgan fingerprint density at radius 1 is 1.07 bits per heavy atom. The maximum absolute atomic E-state index is 13.2. The molecule has 2 heterocycles. The molecular weight excluding hydrogens is 400 g/mol. The van der Waals surface area contributed by atoms with Gasteiger partial charge in [0.15, 0.2) is 0 Å². The van der Waals surface area contributed by atoms with Gasteiger partial charge in [-0.25, -0.2) is 0 Å². The highest BCUT2D eigenvalue weighted by molar-refractivity contribution is 6.37. The number of benzene rings is 2. The number of carbonyl (C=O) groups is 1. The van der Waals surface area contributed by atoms with Crippen LogP contribution in [-0.4, -0.2) is 25.0 Å². The highest BCUT2D eigenvalue weighted by atomic mass is 35.5. The van der Waals surface area contributed by atoms with E-state index in [9.17, 15) is 18.0 Å². The molecular formula is C19H15Cl2F3N2O. The molecule has 3 nitrogen and oxygen atoms in total. The van der Waals surface area contributed by atoms with Crippen LogP contribution in [0.25, 0.3) is 0 Å². The summed E-state index contributed by atoms with van der Waals surface area (Å²) in [7, 11) is 0. The molecule has 27 heavy (non-hydrogen) atoms. The Morgan fingerprint density at radius 2 is 1.85 bits per heavy atom. The molecule has 0 aliphatic carbocycles. The van der Waals surface area contributed by atoms with Crippen molar-refractivity contribution >= 4 is 40.5 Å². The third kappa shape index (κ3) is 3.25. The second-order valence-corrected chi connectivity index (χ2v) is 7.57. The lowest BCUT2D eigenvalue weighted by Crippen LogP contribution is -2.48. The van der Waals surface area contributed by atoms with Gasteiger partial charge in [0, 0.05) is 24.2 Å². The molecule has 0 N–H and O–H groups in total. The fraction of sp³-hybridized carbons (Fsp3) is 0.316. The summed E-state index contributed by atoms with van der Waals surface area (Å²) in [5.41, 5.74) is 0.351. The average Bonchev–Trinajstić information content (AvgIpc) is 3.08. The van der Waals surface area contributed by atoms with E-state index >= 15 is 0 Å². The molecule has 1 saturated heterocycles. The zero-order chi connectivity index (χ0) is 19.3. The number of rotatable bonds is 1. The van der Waals surface area contributed by atoms with Crippen LogP contribution >= 0.6 is 23.2 Å². The lowest BCUT2D eigenvalue weighted by Gasteiger charge is -2.40. The van der Waals surface area contributed by atoms with Crippen molar-refractivity contribution < 1.29 is 18.0 Å². The van der Waals surface area contributed by atoms with E-state index in [4.69, 9.17) is 23.2 Å². The van der Waals surface area contributed by atoms with Crippen LogP contribution in [0.4, 0.5) is 24.5 Å². The fourth-order valence-electron chi connectivity index (χ4n) is 3.81. The predicted molar refractivity (Wildman–Crippen MR) is 100.0 cm³/mol. The summed E-state index contributed by atoms with van der Waals surface area (Å²) in [4.78, 5) is 16.6. The van der Waals surface area contributed by atoms with Crippen molar-refractivity contribution in [2.45, 2.75) is 25.1 Å². The molecule has 0 spiro atoms. The van der Waals surface area contributed by atoms with E-state index in [0.717, 1.165) is 31.5 Å². The summed E-state index contributed by atoms with van der Waals surface area (Å²) in [6.07, 6.45) is -2.66. The molecule has 1 atom stereocenters. The van der Waals surface area contributed by atoms with E-state index in [0.29, 0.717) is 17.3 Å². The normalized spacial score (nSPS) is 19.1. The van der Waals surface area contributed by atoms with Crippen LogP contribution in [0.1, 0.15) is 28.8 Å². The summed E-state index contributed by atoms with van der Waals surface area (Å²) in [5, 5.41) is 0.562. The van der Waals surface area contributed by atoms with Crippen molar-refractivity contribution in [3.05, 3.63) is 57.6 Å². The molecule has 1 amide bonds. The van der Waals surface area contributed by atoms with Crippen molar-refractivity contribution in [1.82, 2.24) is 0 Å². The summed E-state index contributed by atoms with van der Waals surface area (Å²) < 4.78 is 39.7. The first-order chi connectivity index (χ1) is 12.8. The van der Waals surface area contributed by atoms with E-state index in [2.05, 4.69) is 4.90 Å². The predicted octanol–water partition coefficient (Wildman–Crippen LogP) is 5.64. The van der Waals surface area contributed by atoms with Gasteiger partial charge in [0.1, 0.15) is 0 Å². The lowest BCUT2D eigenvalue weighted by molar-refractivity contribution is -0.137. The van der Waals surface area contributed by atoms with Gasteiger partial charge in [0.05, 0.1) is 27.5 Å². The molecule has 4 rings (SSSR count). The van der Waals surface area contributed by atoms with Gasteiger partial charge in [-0.2, -0.15) is 13.2 Å². The molecule has 0 radical (unpaired) electrons. The van der Waals surface area contributed by atoms with E-state index in [-0.39, 0.29) is 22.3 Å². The largest absolute Gasteiger partial charge is 0.416 e. The monoisotopic (exact) mass is 414 g/mol. The molecule has 0 saturated carbocycles. The SMILES string of the molecule is O=C(c1ccc(Cl)cc1Cl)N1C[C@@H]2CCCN2c2ccc(C(F)(F)F)cc21. The Hall–Kier alpha value is -1.92. The summed E-state index contributed by atoms with van der Waals surface area (Å²) in [6, 6.07) is 8.16. The number of alkyl halides is 3.